The van der Waals surface area contributed by atoms with E-state index in [1.165, 1.54) is 28.7 Å². The number of likely N-dealkylation sites (N-methyl/N-ethyl adjacent to an activating group) is 1. The van der Waals surface area contributed by atoms with Gasteiger partial charge in [0.25, 0.3) is 0 Å². The van der Waals surface area contributed by atoms with Crippen molar-refractivity contribution in [1.29, 1.82) is 0 Å². The minimum absolute atomic E-state index is 0.0995. The highest BCUT2D eigenvalue weighted by molar-refractivity contribution is 7.99. The Bertz CT molecular complexity index is 1050. The van der Waals surface area contributed by atoms with E-state index in [1.807, 2.05) is 13.0 Å². The Morgan fingerprint density at radius 3 is 2.53 bits per heavy atom. The van der Waals surface area contributed by atoms with Crippen LogP contribution in [-0.4, -0.2) is 57.9 Å². The molecule has 7 heteroatoms. The van der Waals surface area contributed by atoms with E-state index in [2.05, 4.69) is 53.2 Å². The van der Waals surface area contributed by atoms with Gasteiger partial charge in [-0.25, -0.2) is 0 Å². The summed E-state index contributed by atoms with van der Waals surface area (Å²) in [6, 6.07) is 14.1. The Balaban J connectivity index is 1.85. The molecule has 0 aliphatic rings. The van der Waals surface area contributed by atoms with Crippen molar-refractivity contribution < 1.29 is 14.7 Å². The summed E-state index contributed by atoms with van der Waals surface area (Å²) in [5.74, 6) is 0.0199. The molecule has 0 saturated carbocycles. The Kier molecular flexibility index (Phi) is 7.39. The van der Waals surface area contributed by atoms with Gasteiger partial charge in [-0.1, -0.05) is 18.2 Å². The summed E-state index contributed by atoms with van der Waals surface area (Å²) < 4.78 is 2.30. The van der Waals surface area contributed by atoms with Gasteiger partial charge in [-0.05, 0) is 38.1 Å². The fraction of sp³-hybridized carbons (Fsp3) is 0.391. The number of benzene rings is 2. The summed E-state index contributed by atoms with van der Waals surface area (Å²) in [6.07, 6.45) is 0. The van der Waals surface area contributed by atoms with E-state index in [0.717, 1.165) is 11.4 Å². The number of amides is 2. The number of rotatable bonds is 9. The van der Waals surface area contributed by atoms with Crippen LogP contribution in [0.25, 0.3) is 21.8 Å². The van der Waals surface area contributed by atoms with Crippen molar-refractivity contribution in [2.75, 3.05) is 25.4 Å². The molecule has 0 saturated heterocycles. The molecule has 1 aromatic heterocycles. The largest absolute Gasteiger partial charge is 0.395 e. The normalized spacial score (nSPS) is 12.3. The number of carbonyl (C=O) groups excluding carboxylic acids is 2. The number of hydrogen-bond acceptors (Lipinski definition) is 4. The number of para-hydroxylation sites is 1. The van der Waals surface area contributed by atoms with Crippen LogP contribution < -0.4 is 5.32 Å². The number of carbonyl (C=O) groups is 2. The van der Waals surface area contributed by atoms with Gasteiger partial charge in [-0.3, -0.25) is 9.59 Å². The second-order valence-corrected chi connectivity index (χ2v) is 8.24. The summed E-state index contributed by atoms with van der Waals surface area (Å²) in [7, 11) is 0. The predicted molar refractivity (Wildman–Crippen MR) is 123 cm³/mol. The van der Waals surface area contributed by atoms with Crippen LogP contribution in [0.5, 0.6) is 0 Å². The van der Waals surface area contributed by atoms with Crippen molar-refractivity contribution in [2.45, 2.75) is 38.3 Å². The molecule has 1 heterocycles. The van der Waals surface area contributed by atoms with Crippen LogP contribution in [0.2, 0.25) is 0 Å². The lowest BCUT2D eigenvalue weighted by atomic mass is 10.1. The Morgan fingerprint density at radius 2 is 1.87 bits per heavy atom. The van der Waals surface area contributed by atoms with E-state index in [1.54, 1.807) is 16.7 Å². The molecule has 0 bridgehead atoms. The molecule has 160 valence electrons. The van der Waals surface area contributed by atoms with Gasteiger partial charge in [0.2, 0.25) is 11.8 Å². The number of nitrogens with one attached hydrogen (secondary N) is 1. The Morgan fingerprint density at radius 1 is 1.13 bits per heavy atom. The maximum Gasteiger partial charge on any atom is 0.246 e. The Labute approximate surface area is 181 Å². The number of aliphatic hydroxyl groups excluding tert-OH is 1. The van der Waals surface area contributed by atoms with E-state index in [-0.39, 0.29) is 25.0 Å². The van der Waals surface area contributed by atoms with Crippen LogP contribution in [-0.2, 0) is 16.1 Å². The van der Waals surface area contributed by atoms with Crippen LogP contribution in [0.3, 0.4) is 0 Å². The van der Waals surface area contributed by atoms with Crippen LogP contribution >= 0.6 is 11.8 Å². The van der Waals surface area contributed by atoms with Gasteiger partial charge < -0.3 is 19.9 Å². The summed E-state index contributed by atoms with van der Waals surface area (Å²) in [5.41, 5.74) is 2.41. The number of thioether (sulfide) groups is 1. The second kappa shape index (κ2) is 10.00. The molecule has 1 atom stereocenters. The average Bonchev–Trinajstić information content (AvgIpc) is 3.07. The van der Waals surface area contributed by atoms with Crippen molar-refractivity contribution in [3.63, 3.8) is 0 Å². The molecule has 2 amide bonds. The van der Waals surface area contributed by atoms with Crippen LogP contribution in [0, 0.1) is 0 Å². The van der Waals surface area contributed by atoms with Crippen LogP contribution in [0.4, 0.5) is 0 Å². The van der Waals surface area contributed by atoms with Gasteiger partial charge in [0.15, 0.2) is 0 Å². The quantitative estimate of drug-likeness (QED) is 0.514. The van der Waals surface area contributed by atoms with Crippen molar-refractivity contribution in [1.82, 2.24) is 14.8 Å². The van der Waals surface area contributed by atoms with Crippen molar-refractivity contribution in [3.05, 3.63) is 42.5 Å². The topological polar surface area (TPSA) is 74.6 Å². The zero-order valence-corrected chi connectivity index (χ0v) is 18.5. The molecule has 0 spiro atoms. The summed E-state index contributed by atoms with van der Waals surface area (Å²) in [4.78, 5) is 27.1. The van der Waals surface area contributed by atoms with E-state index in [9.17, 15) is 14.7 Å². The molecule has 2 N–H and O–H groups in total. The first-order valence-electron chi connectivity index (χ1n) is 10.3. The van der Waals surface area contributed by atoms with E-state index in [4.69, 9.17) is 0 Å². The van der Waals surface area contributed by atoms with E-state index < -0.39 is 6.04 Å². The zero-order chi connectivity index (χ0) is 21.7. The molecule has 3 rings (SSSR count). The number of nitrogens with zero attached hydrogens (tertiary/aromatic N) is 2. The summed E-state index contributed by atoms with van der Waals surface area (Å²) in [5, 5.41) is 14.4. The highest BCUT2D eigenvalue weighted by atomic mass is 32.2. The third-order valence-corrected chi connectivity index (χ3v) is 6.30. The lowest BCUT2D eigenvalue weighted by Gasteiger charge is -2.26. The maximum absolute atomic E-state index is 12.8. The minimum atomic E-state index is -0.633. The fourth-order valence-electron chi connectivity index (χ4n) is 3.83. The van der Waals surface area contributed by atoms with Crippen LogP contribution in [0.15, 0.2) is 47.4 Å². The van der Waals surface area contributed by atoms with E-state index >= 15 is 0 Å². The maximum atomic E-state index is 12.8. The van der Waals surface area contributed by atoms with E-state index in [0.29, 0.717) is 12.3 Å². The third-order valence-electron chi connectivity index (χ3n) is 5.22. The first-order chi connectivity index (χ1) is 14.5. The van der Waals surface area contributed by atoms with Crippen LogP contribution in [0.1, 0.15) is 20.8 Å². The first-order valence-corrected chi connectivity index (χ1v) is 11.3. The molecule has 1 unspecified atom stereocenters. The fourth-order valence-corrected chi connectivity index (χ4v) is 4.78. The molecule has 30 heavy (non-hydrogen) atoms. The lowest BCUT2D eigenvalue weighted by Crippen LogP contribution is -2.50. The highest BCUT2D eigenvalue weighted by Gasteiger charge is 2.24. The lowest BCUT2D eigenvalue weighted by molar-refractivity contribution is -0.135. The van der Waals surface area contributed by atoms with Gasteiger partial charge >= 0.3 is 0 Å². The van der Waals surface area contributed by atoms with Crippen molar-refractivity contribution in [3.8, 4) is 0 Å². The van der Waals surface area contributed by atoms with Gasteiger partial charge in [-0.15, -0.1) is 11.8 Å². The van der Waals surface area contributed by atoms with Crippen molar-refractivity contribution in [2.24, 2.45) is 0 Å². The molecular weight excluding hydrogens is 398 g/mol. The first kappa shape index (κ1) is 22.2. The predicted octanol–water partition coefficient (Wildman–Crippen LogP) is 3.25. The summed E-state index contributed by atoms with van der Waals surface area (Å²) >= 11 is 1.55. The highest BCUT2D eigenvalue weighted by Crippen LogP contribution is 2.32. The molecule has 6 nitrogen and oxygen atoms in total. The van der Waals surface area contributed by atoms with Gasteiger partial charge in [-0.2, -0.15) is 0 Å². The SMILES string of the molecule is CCN(CCO)C(=O)C(CSc1ccc2c(c1)c1ccccc1n2CC)NC(C)=O. The number of aliphatic hydroxyl groups is 1. The number of fused-ring (bicyclic) bond motifs is 3. The smallest absolute Gasteiger partial charge is 0.246 e. The molecule has 0 aliphatic heterocycles. The van der Waals surface area contributed by atoms with Gasteiger partial charge in [0.1, 0.15) is 6.04 Å². The molecule has 3 aromatic rings. The minimum Gasteiger partial charge on any atom is -0.395 e. The molecule has 0 aliphatic carbocycles. The monoisotopic (exact) mass is 427 g/mol. The molecule has 2 aromatic carbocycles. The second-order valence-electron chi connectivity index (χ2n) is 7.15. The third kappa shape index (κ3) is 4.63. The Hall–Kier alpha value is -2.51. The molecule has 0 radical (unpaired) electrons. The zero-order valence-electron chi connectivity index (χ0n) is 17.7. The molecule has 0 fully saturated rings. The summed E-state index contributed by atoms with van der Waals surface area (Å²) in [6.45, 7) is 6.97. The number of hydrogen-bond donors (Lipinski definition) is 2. The number of aromatic nitrogens is 1. The average molecular weight is 428 g/mol. The molecular formula is C23H29N3O3S. The standard InChI is InChI=1S/C23H29N3O3S/c1-4-25(12-13-27)23(29)20(24-16(3)28)15-30-17-10-11-22-19(14-17)18-8-6-7-9-21(18)26(22)5-2/h6-11,14,20,27H,4-5,12-13,15H2,1-3H3,(H,24,28). The van der Waals surface area contributed by atoms with Crippen molar-refractivity contribution >= 4 is 45.4 Å². The van der Waals surface area contributed by atoms with Gasteiger partial charge in [0.05, 0.1) is 6.61 Å². The van der Waals surface area contributed by atoms with Gasteiger partial charge in [0, 0.05) is 59.0 Å². The number of aryl methyl sites for hydroxylation is 1.